The summed E-state index contributed by atoms with van der Waals surface area (Å²) in [5.41, 5.74) is 14.6. The zero-order valence-electron chi connectivity index (χ0n) is 25.8. The van der Waals surface area contributed by atoms with Crippen molar-refractivity contribution < 1.29 is 0 Å². The summed E-state index contributed by atoms with van der Waals surface area (Å²) in [6.45, 7) is 6.93. The van der Waals surface area contributed by atoms with Crippen LogP contribution in [0.1, 0.15) is 52.8 Å². The Kier molecular flexibility index (Phi) is 5.86. The van der Waals surface area contributed by atoms with Gasteiger partial charge in [0.2, 0.25) is 0 Å². The number of nitrogens with zero attached hydrogens (tertiary/aromatic N) is 2. The van der Waals surface area contributed by atoms with E-state index in [0.717, 1.165) is 0 Å². The molecule has 2 heterocycles. The maximum absolute atomic E-state index is 2.48. The van der Waals surface area contributed by atoms with E-state index in [1.54, 1.807) is 0 Å². The van der Waals surface area contributed by atoms with Crippen LogP contribution >= 0.6 is 0 Å². The van der Waals surface area contributed by atoms with Crippen LogP contribution in [0.3, 0.4) is 0 Å². The molecule has 8 rings (SSSR count). The van der Waals surface area contributed by atoms with Gasteiger partial charge in [-0.1, -0.05) is 129 Å². The standard InChI is InChI=1S/C42H36N2/c1-29-23-25-37-35(27-29)41(2,3)36-28-32(24-26-38(36)43(37)4)44-39-21-13-11-19-33(39)42(30-15-7-5-8-16-30,31-17-9-6-10-18-31)34-20-12-14-22-40(34)44/h5-28H,1-4H3. The lowest BCUT2D eigenvalue weighted by Gasteiger charge is -2.47. The molecule has 0 saturated heterocycles. The molecule has 2 aliphatic heterocycles. The van der Waals surface area contributed by atoms with E-state index in [-0.39, 0.29) is 5.41 Å². The maximum Gasteiger partial charge on any atom is 0.0742 e. The van der Waals surface area contributed by atoms with Crippen LogP contribution in [0.25, 0.3) is 0 Å². The number of aryl methyl sites for hydroxylation is 1. The normalized spacial score (nSPS) is 15.5. The number of hydrogen-bond acceptors (Lipinski definition) is 2. The molecule has 0 saturated carbocycles. The second kappa shape index (κ2) is 9.72. The quantitative estimate of drug-likeness (QED) is 0.209. The van der Waals surface area contributed by atoms with E-state index in [1.165, 1.54) is 67.4 Å². The number of rotatable bonds is 3. The first kappa shape index (κ1) is 26.5. The molecule has 0 atom stereocenters. The minimum absolute atomic E-state index is 0.147. The largest absolute Gasteiger partial charge is 0.344 e. The summed E-state index contributed by atoms with van der Waals surface area (Å²) >= 11 is 0. The molecule has 214 valence electrons. The molecule has 0 N–H and O–H groups in total. The highest BCUT2D eigenvalue weighted by Crippen LogP contribution is 2.58. The fraction of sp³-hybridized carbons (Fsp3) is 0.143. The molecule has 0 aromatic heterocycles. The van der Waals surface area contributed by atoms with E-state index in [0.29, 0.717) is 0 Å². The Hall–Kier alpha value is -5.08. The summed E-state index contributed by atoms with van der Waals surface area (Å²) in [4.78, 5) is 4.84. The number of hydrogen-bond donors (Lipinski definition) is 0. The van der Waals surface area contributed by atoms with E-state index in [9.17, 15) is 0 Å². The molecule has 0 fully saturated rings. The Bertz CT molecular complexity index is 1930. The van der Waals surface area contributed by atoms with Crippen molar-refractivity contribution in [2.75, 3.05) is 16.8 Å². The Morgan fingerprint density at radius 1 is 0.455 bits per heavy atom. The van der Waals surface area contributed by atoms with Gasteiger partial charge in [-0.05, 0) is 76.7 Å². The number of fused-ring (bicyclic) bond motifs is 4. The first-order chi connectivity index (χ1) is 21.4. The van der Waals surface area contributed by atoms with Gasteiger partial charge in [0.15, 0.2) is 0 Å². The summed E-state index contributed by atoms with van der Waals surface area (Å²) < 4.78 is 0. The van der Waals surface area contributed by atoms with Gasteiger partial charge in [0.25, 0.3) is 0 Å². The van der Waals surface area contributed by atoms with E-state index in [2.05, 4.69) is 183 Å². The first-order valence-electron chi connectivity index (χ1n) is 15.5. The van der Waals surface area contributed by atoms with E-state index in [4.69, 9.17) is 0 Å². The summed E-state index contributed by atoms with van der Waals surface area (Å²) in [7, 11) is 2.20. The average Bonchev–Trinajstić information content (AvgIpc) is 3.07. The fourth-order valence-electron chi connectivity index (χ4n) is 7.86. The molecule has 6 aromatic rings. The zero-order valence-corrected chi connectivity index (χ0v) is 25.8. The lowest BCUT2D eigenvalue weighted by molar-refractivity contribution is 0.629. The minimum atomic E-state index is -0.462. The lowest BCUT2D eigenvalue weighted by Crippen LogP contribution is -2.38. The molecule has 0 spiro atoms. The Morgan fingerprint density at radius 3 is 1.50 bits per heavy atom. The predicted molar refractivity (Wildman–Crippen MR) is 184 cm³/mol. The van der Waals surface area contributed by atoms with E-state index in [1.807, 2.05) is 0 Å². The van der Waals surface area contributed by atoms with Crippen molar-refractivity contribution in [3.63, 3.8) is 0 Å². The summed E-state index contributed by atoms with van der Waals surface area (Å²) in [5.74, 6) is 0. The highest BCUT2D eigenvalue weighted by Gasteiger charge is 2.46. The highest BCUT2D eigenvalue weighted by atomic mass is 15.2. The molecule has 0 radical (unpaired) electrons. The second-order valence-corrected chi connectivity index (χ2v) is 12.8. The van der Waals surface area contributed by atoms with Crippen molar-refractivity contribution in [3.8, 4) is 0 Å². The van der Waals surface area contributed by atoms with Crippen molar-refractivity contribution >= 4 is 28.4 Å². The van der Waals surface area contributed by atoms with Gasteiger partial charge in [-0.25, -0.2) is 0 Å². The van der Waals surface area contributed by atoms with Gasteiger partial charge in [-0.15, -0.1) is 0 Å². The van der Waals surface area contributed by atoms with Gasteiger partial charge >= 0.3 is 0 Å². The van der Waals surface area contributed by atoms with E-state index < -0.39 is 5.41 Å². The summed E-state index contributed by atoms with van der Waals surface area (Å²) in [6, 6.07) is 53.9. The lowest BCUT2D eigenvalue weighted by atomic mass is 9.62. The van der Waals surface area contributed by atoms with Gasteiger partial charge in [0.1, 0.15) is 0 Å². The summed E-state index contributed by atoms with van der Waals surface area (Å²) in [6.07, 6.45) is 0. The van der Waals surface area contributed by atoms with Gasteiger partial charge in [-0.3, -0.25) is 0 Å². The molecular weight excluding hydrogens is 532 g/mol. The number of para-hydroxylation sites is 2. The van der Waals surface area contributed by atoms with Crippen LogP contribution in [0.5, 0.6) is 0 Å². The summed E-state index contributed by atoms with van der Waals surface area (Å²) in [5, 5.41) is 0. The van der Waals surface area contributed by atoms with Crippen molar-refractivity contribution in [1.29, 1.82) is 0 Å². The Morgan fingerprint density at radius 2 is 0.932 bits per heavy atom. The van der Waals surface area contributed by atoms with Crippen LogP contribution in [0.15, 0.2) is 146 Å². The Balaban J connectivity index is 1.40. The molecule has 2 aliphatic rings. The molecule has 44 heavy (non-hydrogen) atoms. The van der Waals surface area contributed by atoms with Crippen molar-refractivity contribution in [2.45, 2.75) is 31.6 Å². The van der Waals surface area contributed by atoms with E-state index >= 15 is 0 Å². The third-order valence-electron chi connectivity index (χ3n) is 9.97. The smallest absolute Gasteiger partial charge is 0.0742 e. The van der Waals surface area contributed by atoms with Crippen molar-refractivity contribution in [3.05, 3.63) is 185 Å². The maximum atomic E-state index is 2.48. The van der Waals surface area contributed by atoms with Crippen LogP contribution < -0.4 is 9.80 Å². The fourth-order valence-corrected chi connectivity index (χ4v) is 7.86. The molecule has 0 bridgehead atoms. The first-order valence-corrected chi connectivity index (χ1v) is 15.5. The van der Waals surface area contributed by atoms with Gasteiger partial charge in [0.05, 0.1) is 16.8 Å². The third kappa shape index (κ3) is 3.61. The molecule has 0 amide bonds. The van der Waals surface area contributed by atoms with Gasteiger partial charge in [0, 0.05) is 29.5 Å². The van der Waals surface area contributed by atoms with Crippen LogP contribution in [-0.4, -0.2) is 7.05 Å². The second-order valence-electron chi connectivity index (χ2n) is 12.8. The van der Waals surface area contributed by atoms with Crippen molar-refractivity contribution in [2.24, 2.45) is 0 Å². The monoisotopic (exact) mass is 568 g/mol. The molecule has 0 aliphatic carbocycles. The number of anilines is 5. The molecule has 2 heteroatoms. The van der Waals surface area contributed by atoms with Gasteiger partial charge in [-0.2, -0.15) is 0 Å². The van der Waals surface area contributed by atoms with Crippen LogP contribution in [-0.2, 0) is 10.8 Å². The minimum Gasteiger partial charge on any atom is -0.344 e. The molecule has 2 nitrogen and oxygen atoms in total. The van der Waals surface area contributed by atoms with Crippen LogP contribution in [0.2, 0.25) is 0 Å². The molecule has 6 aromatic carbocycles. The van der Waals surface area contributed by atoms with Crippen LogP contribution in [0, 0.1) is 6.92 Å². The highest BCUT2D eigenvalue weighted by molar-refractivity contribution is 5.91. The van der Waals surface area contributed by atoms with Gasteiger partial charge < -0.3 is 9.80 Å². The molecular formula is C42H36N2. The number of benzene rings is 6. The third-order valence-corrected chi connectivity index (χ3v) is 9.97. The average molecular weight is 569 g/mol. The predicted octanol–water partition coefficient (Wildman–Crippen LogP) is 10.6. The van der Waals surface area contributed by atoms with Crippen LogP contribution in [0.4, 0.5) is 28.4 Å². The van der Waals surface area contributed by atoms with Crippen molar-refractivity contribution in [1.82, 2.24) is 0 Å². The topological polar surface area (TPSA) is 6.48 Å². The SMILES string of the molecule is Cc1ccc2c(c1)C(C)(C)c1cc(N3c4ccccc4C(c4ccccc4)(c4ccccc4)c4ccccc43)ccc1N2C. The zero-order chi connectivity index (χ0) is 30.1. The Labute approximate surface area is 260 Å². The molecule has 0 unspecified atom stereocenters.